The van der Waals surface area contributed by atoms with Crippen molar-refractivity contribution in [2.75, 3.05) is 26.2 Å². The van der Waals surface area contributed by atoms with Gasteiger partial charge >= 0.3 is 0 Å². The molecule has 1 aliphatic heterocycles. The average Bonchev–Trinajstić information content (AvgIpc) is 2.56. The maximum Gasteiger partial charge on any atom is 0.227 e. The van der Waals surface area contributed by atoms with Gasteiger partial charge in [-0.3, -0.25) is 9.59 Å². The van der Waals surface area contributed by atoms with Crippen LogP contribution in [0.25, 0.3) is 0 Å². The van der Waals surface area contributed by atoms with Gasteiger partial charge in [0, 0.05) is 26.2 Å². The van der Waals surface area contributed by atoms with Crippen molar-refractivity contribution in [3.8, 4) is 0 Å². The topological polar surface area (TPSA) is 75.4 Å². The summed E-state index contributed by atoms with van der Waals surface area (Å²) in [5.41, 5.74) is 6.21. The highest BCUT2D eigenvalue weighted by Crippen LogP contribution is 2.23. The molecule has 2 rings (SSSR count). The van der Waals surface area contributed by atoms with E-state index < -0.39 is 0 Å². The minimum Gasteiger partial charge on any atom is -0.355 e. The lowest BCUT2D eigenvalue weighted by atomic mass is 9.96. The van der Waals surface area contributed by atoms with Gasteiger partial charge in [0.15, 0.2) is 0 Å². The van der Waals surface area contributed by atoms with Crippen molar-refractivity contribution in [2.24, 2.45) is 11.7 Å². The van der Waals surface area contributed by atoms with Crippen molar-refractivity contribution in [1.29, 1.82) is 0 Å². The van der Waals surface area contributed by atoms with E-state index >= 15 is 0 Å². The van der Waals surface area contributed by atoms with Crippen LogP contribution < -0.4 is 11.1 Å². The quantitative estimate of drug-likeness (QED) is 0.804. The van der Waals surface area contributed by atoms with Gasteiger partial charge in [0.1, 0.15) is 0 Å². The maximum absolute atomic E-state index is 12.4. The summed E-state index contributed by atoms with van der Waals surface area (Å²) in [6.07, 6.45) is 1.88. The molecule has 1 heterocycles. The van der Waals surface area contributed by atoms with Crippen LogP contribution >= 0.6 is 35.6 Å². The first-order valence-corrected chi connectivity index (χ1v) is 8.46. The summed E-state index contributed by atoms with van der Waals surface area (Å²) < 4.78 is 0. The minimum absolute atomic E-state index is 0. The van der Waals surface area contributed by atoms with E-state index in [2.05, 4.69) is 5.32 Å². The fraction of sp³-hybridized carbons (Fsp3) is 0.500. The standard InChI is InChI=1S/C16H21Cl2N3O2.ClH/c17-13-4-3-11(8-14(13)18)9-15(22)21-7-1-2-12(10-21)16(23)20-6-5-19;/h3-4,8,12H,1-2,5-7,9-10,19H2,(H,20,23);1H. The van der Waals surface area contributed by atoms with E-state index in [4.69, 9.17) is 28.9 Å². The van der Waals surface area contributed by atoms with Crippen LogP contribution in [-0.2, 0) is 16.0 Å². The van der Waals surface area contributed by atoms with E-state index in [9.17, 15) is 9.59 Å². The summed E-state index contributed by atoms with van der Waals surface area (Å²) in [5, 5.41) is 3.70. The number of hydrogen-bond acceptors (Lipinski definition) is 3. The molecule has 134 valence electrons. The first kappa shape index (κ1) is 21.0. The highest BCUT2D eigenvalue weighted by Gasteiger charge is 2.28. The number of nitrogens with two attached hydrogens (primary N) is 1. The Balaban J connectivity index is 0.00000288. The van der Waals surface area contributed by atoms with Crippen LogP contribution in [0.5, 0.6) is 0 Å². The van der Waals surface area contributed by atoms with Gasteiger partial charge in [-0.1, -0.05) is 29.3 Å². The Kier molecular flexibility index (Phi) is 8.84. The monoisotopic (exact) mass is 393 g/mol. The van der Waals surface area contributed by atoms with Gasteiger partial charge in [0.2, 0.25) is 11.8 Å². The van der Waals surface area contributed by atoms with Gasteiger partial charge in [-0.2, -0.15) is 0 Å². The Morgan fingerprint density at radius 1 is 1.29 bits per heavy atom. The van der Waals surface area contributed by atoms with E-state index in [1.165, 1.54) is 0 Å². The lowest BCUT2D eigenvalue weighted by molar-refractivity contribution is -0.135. The molecule has 0 spiro atoms. The number of nitrogens with zero attached hydrogens (tertiary/aromatic N) is 1. The van der Waals surface area contributed by atoms with Crippen molar-refractivity contribution < 1.29 is 9.59 Å². The number of likely N-dealkylation sites (tertiary alicyclic amines) is 1. The molecule has 24 heavy (non-hydrogen) atoms. The molecule has 0 aromatic heterocycles. The largest absolute Gasteiger partial charge is 0.355 e. The molecule has 0 radical (unpaired) electrons. The van der Waals surface area contributed by atoms with E-state index in [1.807, 2.05) is 0 Å². The van der Waals surface area contributed by atoms with Crippen molar-refractivity contribution >= 4 is 47.4 Å². The number of carbonyl (C=O) groups is 2. The maximum atomic E-state index is 12.4. The number of amides is 2. The van der Waals surface area contributed by atoms with E-state index in [-0.39, 0.29) is 36.6 Å². The molecule has 1 atom stereocenters. The molecule has 5 nitrogen and oxygen atoms in total. The Bertz CT molecular complexity index is 584. The lowest BCUT2D eigenvalue weighted by Gasteiger charge is -2.32. The molecular weight excluding hydrogens is 373 g/mol. The van der Waals surface area contributed by atoms with Crippen molar-refractivity contribution in [3.05, 3.63) is 33.8 Å². The zero-order valence-electron chi connectivity index (χ0n) is 13.3. The smallest absolute Gasteiger partial charge is 0.227 e. The lowest BCUT2D eigenvalue weighted by Crippen LogP contribution is -2.46. The molecular formula is C16H22Cl3N3O2. The molecule has 0 saturated carbocycles. The highest BCUT2D eigenvalue weighted by atomic mass is 35.5. The number of rotatable bonds is 5. The van der Waals surface area contributed by atoms with Gasteiger partial charge < -0.3 is 16.0 Å². The van der Waals surface area contributed by atoms with Crippen LogP contribution in [0.2, 0.25) is 10.0 Å². The molecule has 1 fully saturated rings. The molecule has 1 aliphatic rings. The highest BCUT2D eigenvalue weighted by molar-refractivity contribution is 6.42. The van der Waals surface area contributed by atoms with E-state index in [1.54, 1.807) is 23.1 Å². The van der Waals surface area contributed by atoms with Crippen LogP contribution in [0, 0.1) is 5.92 Å². The van der Waals surface area contributed by atoms with E-state index in [0.717, 1.165) is 18.4 Å². The van der Waals surface area contributed by atoms with Gasteiger partial charge in [-0.05, 0) is 30.5 Å². The zero-order chi connectivity index (χ0) is 16.8. The molecule has 1 aromatic carbocycles. The molecule has 1 unspecified atom stereocenters. The molecule has 3 N–H and O–H groups in total. The SMILES string of the molecule is Cl.NCCNC(=O)C1CCCN(C(=O)Cc2ccc(Cl)c(Cl)c2)C1. The molecule has 0 aliphatic carbocycles. The van der Waals surface area contributed by atoms with Crippen LogP contribution in [-0.4, -0.2) is 42.9 Å². The Morgan fingerprint density at radius 3 is 2.71 bits per heavy atom. The second-order valence-electron chi connectivity index (χ2n) is 5.68. The third-order valence-corrected chi connectivity index (χ3v) is 4.67. The van der Waals surface area contributed by atoms with Gasteiger partial charge in [-0.25, -0.2) is 0 Å². The first-order valence-electron chi connectivity index (χ1n) is 7.70. The summed E-state index contributed by atoms with van der Waals surface area (Å²) in [7, 11) is 0. The summed E-state index contributed by atoms with van der Waals surface area (Å²) in [6.45, 7) is 2.02. The normalized spacial score (nSPS) is 17.1. The van der Waals surface area contributed by atoms with Crippen molar-refractivity contribution in [1.82, 2.24) is 10.2 Å². The third-order valence-electron chi connectivity index (χ3n) is 3.93. The molecule has 1 saturated heterocycles. The predicted molar refractivity (Wildman–Crippen MR) is 98.8 cm³/mol. The van der Waals surface area contributed by atoms with Crippen LogP contribution in [0.15, 0.2) is 18.2 Å². The second kappa shape index (κ2) is 10.1. The van der Waals surface area contributed by atoms with Gasteiger partial charge in [0.25, 0.3) is 0 Å². The fourth-order valence-electron chi connectivity index (χ4n) is 2.69. The Labute approximate surface area is 158 Å². The van der Waals surface area contributed by atoms with Crippen LogP contribution in [0.4, 0.5) is 0 Å². The second-order valence-corrected chi connectivity index (χ2v) is 6.50. The van der Waals surface area contributed by atoms with E-state index in [0.29, 0.717) is 36.2 Å². The first-order chi connectivity index (χ1) is 11.0. The minimum atomic E-state index is -0.159. The van der Waals surface area contributed by atoms with Crippen molar-refractivity contribution in [3.63, 3.8) is 0 Å². The van der Waals surface area contributed by atoms with Crippen LogP contribution in [0.1, 0.15) is 18.4 Å². The molecule has 1 aromatic rings. The summed E-state index contributed by atoms with van der Waals surface area (Å²) in [6, 6.07) is 5.18. The number of hydrogen-bond donors (Lipinski definition) is 2. The Morgan fingerprint density at radius 2 is 2.04 bits per heavy atom. The molecule has 8 heteroatoms. The molecule has 0 bridgehead atoms. The fourth-order valence-corrected chi connectivity index (χ4v) is 3.01. The number of carbonyl (C=O) groups excluding carboxylic acids is 2. The van der Waals surface area contributed by atoms with Gasteiger partial charge in [0.05, 0.1) is 22.4 Å². The number of piperidine rings is 1. The predicted octanol–water partition coefficient (Wildman–Crippen LogP) is 2.27. The zero-order valence-corrected chi connectivity index (χ0v) is 15.6. The summed E-state index contributed by atoms with van der Waals surface area (Å²) in [5.74, 6) is -0.185. The van der Waals surface area contributed by atoms with Crippen LogP contribution in [0.3, 0.4) is 0 Å². The third kappa shape index (κ3) is 5.81. The van der Waals surface area contributed by atoms with Gasteiger partial charge in [-0.15, -0.1) is 12.4 Å². The number of halogens is 3. The number of nitrogens with one attached hydrogen (secondary N) is 1. The molecule has 2 amide bonds. The average molecular weight is 395 g/mol. The summed E-state index contributed by atoms with van der Waals surface area (Å²) >= 11 is 11.9. The summed E-state index contributed by atoms with van der Waals surface area (Å²) in [4.78, 5) is 26.2. The van der Waals surface area contributed by atoms with Crippen molar-refractivity contribution in [2.45, 2.75) is 19.3 Å². The Hall–Kier alpha value is -1.01. The number of benzene rings is 1.